The van der Waals surface area contributed by atoms with Gasteiger partial charge in [0, 0.05) is 13.1 Å². The number of benzene rings is 1. The van der Waals surface area contributed by atoms with Gasteiger partial charge in [-0.2, -0.15) is 0 Å². The van der Waals surface area contributed by atoms with Crippen molar-refractivity contribution in [3.63, 3.8) is 0 Å². The third-order valence-corrected chi connectivity index (χ3v) is 2.72. The van der Waals surface area contributed by atoms with Crippen LogP contribution in [0.1, 0.15) is 29.8 Å². The summed E-state index contributed by atoms with van der Waals surface area (Å²) >= 11 is 0. The number of aliphatic hydroxyl groups excluding tert-OH is 1. The lowest BCUT2D eigenvalue weighted by Crippen LogP contribution is -2.30. The highest BCUT2D eigenvalue weighted by atomic mass is 19.1. The fraction of sp³-hybridized carbons (Fsp3) is 0.462. The molecule has 1 aromatic carbocycles. The molecule has 18 heavy (non-hydrogen) atoms. The Morgan fingerprint density at radius 2 is 2.11 bits per heavy atom. The zero-order chi connectivity index (χ0) is 13.7. The molecule has 1 unspecified atom stereocenters. The second kappa shape index (κ2) is 6.47. The second-order valence-corrected chi connectivity index (χ2v) is 4.56. The Labute approximate surface area is 105 Å². The number of carbonyl (C=O) groups is 1. The minimum absolute atomic E-state index is 0.156. The van der Waals surface area contributed by atoms with Gasteiger partial charge >= 0.3 is 5.97 Å². The molecule has 4 nitrogen and oxygen atoms in total. The van der Waals surface area contributed by atoms with E-state index < -0.39 is 17.9 Å². The van der Waals surface area contributed by atoms with Crippen LogP contribution in [0.15, 0.2) is 18.2 Å². The van der Waals surface area contributed by atoms with Crippen LogP contribution >= 0.6 is 0 Å². The average Bonchev–Trinajstić information content (AvgIpc) is 2.28. The van der Waals surface area contributed by atoms with Gasteiger partial charge in [0.05, 0.1) is 11.7 Å². The lowest BCUT2D eigenvalue weighted by molar-refractivity contribution is 0.0692. The molecule has 0 aliphatic heterocycles. The maximum Gasteiger partial charge on any atom is 0.338 e. The van der Waals surface area contributed by atoms with Crippen LogP contribution in [-0.4, -0.2) is 28.8 Å². The predicted octanol–water partition coefficient (Wildman–Crippen LogP) is 1.63. The smallest absolute Gasteiger partial charge is 0.338 e. The average molecular weight is 255 g/mol. The van der Waals surface area contributed by atoms with Gasteiger partial charge in [0.1, 0.15) is 5.82 Å². The van der Waals surface area contributed by atoms with Crippen molar-refractivity contribution in [3.05, 3.63) is 35.1 Å². The van der Waals surface area contributed by atoms with E-state index in [1.165, 1.54) is 12.1 Å². The Morgan fingerprint density at radius 3 is 2.61 bits per heavy atom. The fourth-order valence-electron chi connectivity index (χ4n) is 1.44. The number of carboxylic acid groups (broad SMARTS) is 1. The summed E-state index contributed by atoms with van der Waals surface area (Å²) in [6.45, 7) is 4.63. The zero-order valence-corrected chi connectivity index (χ0v) is 10.5. The van der Waals surface area contributed by atoms with Crippen LogP contribution in [-0.2, 0) is 6.54 Å². The summed E-state index contributed by atoms with van der Waals surface area (Å²) in [5, 5.41) is 21.2. The van der Waals surface area contributed by atoms with Crippen molar-refractivity contribution in [3.8, 4) is 0 Å². The summed E-state index contributed by atoms with van der Waals surface area (Å²) in [5.41, 5.74) is 0.314. The molecule has 0 aliphatic rings. The normalized spacial score (nSPS) is 12.7. The van der Waals surface area contributed by atoms with Crippen molar-refractivity contribution in [2.75, 3.05) is 6.54 Å². The fourth-order valence-corrected chi connectivity index (χ4v) is 1.44. The number of aliphatic hydroxyl groups is 1. The first kappa shape index (κ1) is 14.6. The molecule has 0 amide bonds. The number of hydrogen-bond donors (Lipinski definition) is 3. The molecule has 0 fully saturated rings. The van der Waals surface area contributed by atoms with Crippen LogP contribution in [0.4, 0.5) is 4.39 Å². The Bertz CT molecular complexity index is 421. The predicted molar refractivity (Wildman–Crippen MR) is 65.9 cm³/mol. The van der Waals surface area contributed by atoms with E-state index in [2.05, 4.69) is 5.32 Å². The van der Waals surface area contributed by atoms with Gasteiger partial charge in [-0.05, 0) is 23.6 Å². The minimum atomic E-state index is -1.28. The summed E-state index contributed by atoms with van der Waals surface area (Å²) in [7, 11) is 0. The number of rotatable bonds is 6. The van der Waals surface area contributed by atoms with Crippen molar-refractivity contribution in [1.82, 2.24) is 5.32 Å². The van der Waals surface area contributed by atoms with Crippen LogP contribution in [0.25, 0.3) is 0 Å². The number of aromatic carboxylic acids is 1. The van der Waals surface area contributed by atoms with E-state index in [1.807, 2.05) is 13.8 Å². The van der Waals surface area contributed by atoms with Crippen molar-refractivity contribution in [2.45, 2.75) is 26.5 Å². The monoisotopic (exact) mass is 255 g/mol. The van der Waals surface area contributed by atoms with Crippen LogP contribution < -0.4 is 5.32 Å². The van der Waals surface area contributed by atoms with Gasteiger partial charge in [0.25, 0.3) is 0 Å². The van der Waals surface area contributed by atoms with Crippen LogP contribution in [0, 0.1) is 11.7 Å². The Hall–Kier alpha value is -1.46. The van der Waals surface area contributed by atoms with Crippen molar-refractivity contribution in [1.29, 1.82) is 0 Å². The van der Waals surface area contributed by atoms with Gasteiger partial charge in [-0.15, -0.1) is 0 Å². The zero-order valence-electron chi connectivity index (χ0n) is 10.5. The van der Waals surface area contributed by atoms with E-state index in [9.17, 15) is 14.3 Å². The second-order valence-electron chi connectivity index (χ2n) is 4.56. The van der Waals surface area contributed by atoms with Gasteiger partial charge in [0.15, 0.2) is 0 Å². The van der Waals surface area contributed by atoms with E-state index in [4.69, 9.17) is 5.11 Å². The highest BCUT2D eigenvalue weighted by molar-refractivity contribution is 5.87. The summed E-state index contributed by atoms with van der Waals surface area (Å²) < 4.78 is 13.4. The van der Waals surface area contributed by atoms with Gasteiger partial charge in [-0.3, -0.25) is 0 Å². The van der Waals surface area contributed by atoms with E-state index in [-0.39, 0.29) is 11.5 Å². The van der Waals surface area contributed by atoms with Crippen molar-refractivity contribution in [2.24, 2.45) is 5.92 Å². The first-order chi connectivity index (χ1) is 8.41. The molecule has 0 bridgehead atoms. The molecule has 1 aromatic rings. The molecule has 5 heteroatoms. The maximum atomic E-state index is 13.4. The van der Waals surface area contributed by atoms with E-state index in [0.29, 0.717) is 18.7 Å². The first-order valence-electron chi connectivity index (χ1n) is 5.82. The molecule has 0 saturated heterocycles. The number of nitrogens with one attached hydrogen (secondary N) is 1. The maximum absolute atomic E-state index is 13.4. The molecule has 0 saturated carbocycles. The summed E-state index contributed by atoms with van der Waals surface area (Å²) in [6.07, 6.45) is -0.451. The van der Waals surface area contributed by atoms with Crippen LogP contribution in [0.2, 0.25) is 0 Å². The van der Waals surface area contributed by atoms with Gasteiger partial charge in [0.2, 0.25) is 0 Å². The Morgan fingerprint density at radius 1 is 1.44 bits per heavy atom. The lowest BCUT2D eigenvalue weighted by Gasteiger charge is -2.15. The van der Waals surface area contributed by atoms with E-state index in [0.717, 1.165) is 0 Å². The molecule has 0 aliphatic carbocycles. The van der Waals surface area contributed by atoms with Gasteiger partial charge in [-0.1, -0.05) is 19.9 Å². The quantitative estimate of drug-likeness (QED) is 0.722. The molecule has 3 N–H and O–H groups in total. The molecule has 100 valence electrons. The minimum Gasteiger partial charge on any atom is -0.478 e. The SMILES string of the molecule is CC(C)C(O)CNCc1ccc(C(=O)O)c(F)c1. The molecule has 0 heterocycles. The lowest BCUT2D eigenvalue weighted by atomic mass is 10.1. The Balaban J connectivity index is 2.54. The molecule has 0 spiro atoms. The van der Waals surface area contributed by atoms with Crippen molar-refractivity contribution < 1.29 is 19.4 Å². The molecule has 1 rings (SSSR count). The Kier molecular flexibility index (Phi) is 5.25. The van der Waals surface area contributed by atoms with Gasteiger partial charge in [-0.25, -0.2) is 9.18 Å². The number of halogens is 1. The summed E-state index contributed by atoms with van der Waals surface area (Å²) in [5.74, 6) is -1.86. The molecule has 1 atom stereocenters. The molecular formula is C13H18FNO3. The first-order valence-corrected chi connectivity index (χ1v) is 5.82. The van der Waals surface area contributed by atoms with E-state index >= 15 is 0 Å². The molecule has 0 aromatic heterocycles. The third kappa shape index (κ3) is 4.09. The topological polar surface area (TPSA) is 69.6 Å². The highest BCUT2D eigenvalue weighted by Gasteiger charge is 2.11. The summed E-state index contributed by atoms with van der Waals surface area (Å²) in [4.78, 5) is 10.6. The summed E-state index contributed by atoms with van der Waals surface area (Å²) in [6, 6.07) is 3.99. The molecular weight excluding hydrogens is 237 g/mol. The van der Waals surface area contributed by atoms with E-state index in [1.54, 1.807) is 6.07 Å². The highest BCUT2D eigenvalue weighted by Crippen LogP contribution is 2.10. The molecule has 0 radical (unpaired) electrons. The van der Waals surface area contributed by atoms with Crippen molar-refractivity contribution >= 4 is 5.97 Å². The largest absolute Gasteiger partial charge is 0.478 e. The van der Waals surface area contributed by atoms with Crippen LogP contribution in [0.3, 0.4) is 0 Å². The number of hydrogen-bond acceptors (Lipinski definition) is 3. The van der Waals surface area contributed by atoms with Gasteiger partial charge < -0.3 is 15.5 Å². The third-order valence-electron chi connectivity index (χ3n) is 2.72. The standard InChI is InChI=1S/C13H18FNO3/c1-8(2)12(16)7-15-6-9-3-4-10(13(17)18)11(14)5-9/h3-5,8,12,15-16H,6-7H2,1-2H3,(H,17,18). The number of carboxylic acids is 1. The van der Waals surface area contributed by atoms with Crippen LogP contribution in [0.5, 0.6) is 0 Å².